The summed E-state index contributed by atoms with van der Waals surface area (Å²) in [4.78, 5) is 23.2. The van der Waals surface area contributed by atoms with E-state index in [9.17, 15) is 9.59 Å². The van der Waals surface area contributed by atoms with Crippen LogP contribution in [0.25, 0.3) is 0 Å². The molecule has 0 bridgehead atoms. The van der Waals surface area contributed by atoms with Crippen LogP contribution in [0.15, 0.2) is 12.2 Å². The maximum absolute atomic E-state index is 11.6. The maximum atomic E-state index is 11.6. The van der Waals surface area contributed by atoms with E-state index >= 15 is 0 Å². The first-order chi connectivity index (χ1) is 12.2. The van der Waals surface area contributed by atoms with Gasteiger partial charge in [0.15, 0.2) is 0 Å². The zero-order valence-corrected chi connectivity index (χ0v) is 16.0. The molecule has 0 heterocycles. The second kappa shape index (κ2) is 15.0. The smallest absolute Gasteiger partial charge is 0.331 e. The minimum Gasteiger partial charge on any atom is -0.463 e. The van der Waals surface area contributed by atoms with Crippen LogP contribution in [0.2, 0.25) is 0 Å². The van der Waals surface area contributed by atoms with Gasteiger partial charge in [-0.15, -0.1) is 0 Å². The fraction of sp³-hybridized carbons (Fsp3) is 0.810. The molecule has 1 aliphatic rings. The average molecular weight is 353 g/mol. The second-order valence-electron chi connectivity index (χ2n) is 7.03. The van der Waals surface area contributed by atoms with Crippen LogP contribution in [0.3, 0.4) is 0 Å². The summed E-state index contributed by atoms with van der Waals surface area (Å²) in [5.41, 5.74) is 0. The number of carbonyl (C=O) groups excluding carboxylic acids is 2. The Morgan fingerprint density at radius 2 is 1.36 bits per heavy atom. The largest absolute Gasteiger partial charge is 0.463 e. The third-order valence-electron chi connectivity index (χ3n) is 4.68. The molecule has 0 amide bonds. The SMILES string of the molecule is CCCCCCCCCCCOC(=O)/C=C/C(=O)OC1CCCCC1. The molecule has 1 rings (SSSR count). The van der Waals surface area contributed by atoms with Gasteiger partial charge in [-0.3, -0.25) is 0 Å². The molecule has 0 saturated heterocycles. The van der Waals surface area contributed by atoms with E-state index in [-0.39, 0.29) is 6.10 Å². The van der Waals surface area contributed by atoms with E-state index in [1.54, 1.807) is 0 Å². The molecular weight excluding hydrogens is 316 g/mol. The summed E-state index contributed by atoms with van der Waals surface area (Å²) in [6.07, 6.45) is 18.8. The lowest BCUT2D eigenvalue weighted by atomic mass is 9.98. The molecule has 0 atom stereocenters. The Hall–Kier alpha value is -1.32. The first-order valence-corrected chi connectivity index (χ1v) is 10.3. The third kappa shape index (κ3) is 12.7. The second-order valence-corrected chi connectivity index (χ2v) is 7.03. The highest BCUT2D eigenvalue weighted by Crippen LogP contribution is 2.20. The topological polar surface area (TPSA) is 52.6 Å². The van der Waals surface area contributed by atoms with E-state index < -0.39 is 11.9 Å². The highest BCUT2D eigenvalue weighted by atomic mass is 16.5. The van der Waals surface area contributed by atoms with E-state index in [1.165, 1.54) is 63.5 Å². The van der Waals surface area contributed by atoms with Gasteiger partial charge in [0.05, 0.1) is 6.61 Å². The zero-order valence-electron chi connectivity index (χ0n) is 16.0. The van der Waals surface area contributed by atoms with Crippen molar-refractivity contribution < 1.29 is 19.1 Å². The molecule has 1 aliphatic carbocycles. The van der Waals surface area contributed by atoms with Gasteiger partial charge >= 0.3 is 11.9 Å². The van der Waals surface area contributed by atoms with Crippen LogP contribution in [0.5, 0.6) is 0 Å². The van der Waals surface area contributed by atoms with E-state index in [2.05, 4.69) is 6.92 Å². The molecule has 0 N–H and O–H groups in total. The minimum atomic E-state index is -0.458. The summed E-state index contributed by atoms with van der Waals surface area (Å²) in [6.45, 7) is 2.66. The van der Waals surface area contributed by atoms with E-state index in [4.69, 9.17) is 9.47 Å². The van der Waals surface area contributed by atoms with Crippen molar-refractivity contribution in [3.8, 4) is 0 Å². The lowest BCUT2D eigenvalue weighted by molar-refractivity contribution is -0.145. The van der Waals surface area contributed by atoms with Gasteiger partial charge < -0.3 is 9.47 Å². The summed E-state index contributed by atoms with van der Waals surface area (Å²) >= 11 is 0. The summed E-state index contributed by atoms with van der Waals surface area (Å²) < 4.78 is 10.4. The van der Waals surface area contributed by atoms with Crippen molar-refractivity contribution in [2.24, 2.45) is 0 Å². The highest BCUT2D eigenvalue weighted by molar-refractivity contribution is 5.91. The van der Waals surface area contributed by atoms with Crippen molar-refractivity contribution >= 4 is 11.9 Å². The number of hydrogen-bond acceptors (Lipinski definition) is 4. The molecule has 0 aromatic heterocycles. The van der Waals surface area contributed by atoms with Crippen molar-refractivity contribution in [1.29, 1.82) is 0 Å². The first-order valence-electron chi connectivity index (χ1n) is 10.3. The molecule has 0 spiro atoms. The summed E-state index contributed by atoms with van der Waals surface area (Å²) in [5.74, 6) is -0.896. The molecule has 4 heteroatoms. The van der Waals surface area contributed by atoms with Gasteiger partial charge in [0.25, 0.3) is 0 Å². The van der Waals surface area contributed by atoms with E-state index in [1.807, 2.05) is 0 Å². The number of esters is 2. The van der Waals surface area contributed by atoms with Gasteiger partial charge in [0.2, 0.25) is 0 Å². The van der Waals surface area contributed by atoms with Gasteiger partial charge in [0.1, 0.15) is 6.10 Å². The predicted octanol–water partition coefficient (Wildman–Crippen LogP) is 5.49. The van der Waals surface area contributed by atoms with Crippen molar-refractivity contribution in [3.63, 3.8) is 0 Å². The molecule has 0 aliphatic heterocycles. The van der Waals surface area contributed by atoms with Crippen molar-refractivity contribution in [2.75, 3.05) is 6.61 Å². The fourth-order valence-electron chi connectivity index (χ4n) is 3.16. The van der Waals surface area contributed by atoms with Crippen LogP contribution in [-0.2, 0) is 19.1 Å². The van der Waals surface area contributed by atoms with Crippen LogP contribution in [0.1, 0.15) is 96.8 Å². The van der Waals surface area contributed by atoms with Gasteiger partial charge in [-0.1, -0.05) is 64.7 Å². The third-order valence-corrected chi connectivity index (χ3v) is 4.68. The minimum absolute atomic E-state index is 0.0175. The van der Waals surface area contributed by atoms with Crippen LogP contribution in [0.4, 0.5) is 0 Å². The molecule has 0 aromatic rings. The normalized spacial score (nSPS) is 15.4. The summed E-state index contributed by atoms with van der Waals surface area (Å²) in [7, 11) is 0. The van der Waals surface area contributed by atoms with Crippen LogP contribution >= 0.6 is 0 Å². The van der Waals surface area contributed by atoms with Crippen LogP contribution in [-0.4, -0.2) is 24.6 Å². The fourth-order valence-corrected chi connectivity index (χ4v) is 3.16. The molecular formula is C21H36O4. The number of rotatable bonds is 13. The molecule has 4 nitrogen and oxygen atoms in total. The van der Waals surface area contributed by atoms with E-state index in [0.717, 1.165) is 38.5 Å². The van der Waals surface area contributed by atoms with E-state index in [0.29, 0.717) is 6.61 Å². The van der Waals surface area contributed by atoms with Gasteiger partial charge in [-0.2, -0.15) is 0 Å². The van der Waals surface area contributed by atoms with Crippen LogP contribution in [0, 0.1) is 0 Å². The molecule has 25 heavy (non-hydrogen) atoms. The highest BCUT2D eigenvalue weighted by Gasteiger charge is 2.16. The van der Waals surface area contributed by atoms with Crippen molar-refractivity contribution in [1.82, 2.24) is 0 Å². The number of hydrogen-bond donors (Lipinski definition) is 0. The molecule has 0 unspecified atom stereocenters. The van der Waals surface area contributed by atoms with Gasteiger partial charge in [0, 0.05) is 12.2 Å². The zero-order chi connectivity index (χ0) is 18.2. The Balaban J connectivity index is 1.94. The first kappa shape index (κ1) is 21.7. The maximum Gasteiger partial charge on any atom is 0.331 e. The lowest BCUT2D eigenvalue weighted by Gasteiger charge is -2.20. The number of unbranched alkanes of at least 4 members (excludes halogenated alkanes) is 8. The molecule has 1 fully saturated rings. The molecule has 0 aromatic carbocycles. The Bertz CT molecular complexity index is 383. The molecule has 0 radical (unpaired) electrons. The Morgan fingerprint density at radius 1 is 0.800 bits per heavy atom. The lowest BCUT2D eigenvalue weighted by Crippen LogP contribution is -2.19. The summed E-state index contributed by atoms with van der Waals surface area (Å²) in [5, 5.41) is 0. The van der Waals surface area contributed by atoms with Gasteiger partial charge in [-0.05, 0) is 32.1 Å². The Kier molecular flexibility index (Phi) is 13.0. The molecule has 144 valence electrons. The van der Waals surface area contributed by atoms with Crippen molar-refractivity contribution in [2.45, 2.75) is 103 Å². The summed E-state index contributed by atoms with van der Waals surface area (Å²) in [6, 6.07) is 0. The van der Waals surface area contributed by atoms with Gasteiger partial charge in [-0.25, -0.2) is 9.59 Å². The quantitative estimate of drug-likeness (QED) is 0.250. The van der Waals surface area contributed by atoms with Crippen LogP contribution < -0.4 is 0 Å². The standard InChI is InChI=1S/C21H36O4/c1-2-3-4-5-6-7-8-9-13-18-24-20(22)16-17-21(23)25-19-14-11-10-12-15-19/h16-17,19H,2-15,18H2,1H3/b17-16+. The predicted molar refractivity (Wildman–Crippen MR) is 100 cm³/mol. The average Bonchev–Trinajstić information content (AvgIpc) is 2.62. The monoisotopic (exact) mass is 352 g/mol. The Morgan fingerprint density at radius 3 is 2.00 bits per heavy atom. The number of carbonyl (C=O) groups is 2. The Labute approximate surface area is 153 Å². The molecule has 1 saturated carbocycles. The van der Waals surface area contributed by atoms with Crippen molar-refractivity contribution in [3.05, 3.63) is 12.2 Å². The number of ether oxygens (including phenoxy) is 2.